The van der Waals surface area contributed by atoms with Crippen molar-refractivity contribution in [2.24, 2.45) is 16.6 Å². The Balaban J connectivity index is 1.69. The number of benzene rings is 1. The van der Waals surface area contributed by atoms with Crippen LogP contribution in [0.2, 0.25) is 0 Å². The molecule has 0 unspecified atom stereocenters. The third-order valence-corrected chi connectivity index (χ3v) is 5.33. The van der Waals surface area contributed by atoms with Gasteiger partial charge >= 0.3 is 0 Å². The van der Waals surface area contributed by atoms with Gasteiger partial charge < -0.3 is 15.2 Å². The summed E-state index contributed by atoms with van der Waals surface area (Å²) < 4.78 is 25.9. The van der Waals surface area contributed by atoms with Crippen molar-refractivity contribution in [2.45, 2.75) is 18.1 Å². The van der Waals surface area contributed by atoms with E-state index in [1.807, 2.05) is 6.07 Å². The summed E-state index contributed by atoms with van der Waals surface area (Å²) in [6.45, 7) is 0.540. The predicted octanol–water partition coefficient (Wildman–Crippen LogP) is 1.71. The Morgan fingerprint density at radius 1 is 1.37 bits per heavy atom. The number of ketones is 1. The summed E-state index contributed by atoms with van der Waals surface area (Å²) in [4.78, 5) is 20.9. The normalized spacial score (nSPS) is 24.7. The molecule has 7 nitrogen and oxygen atoms in total. The fourth-order valence-corrected chi connectivity index (χ4v) is 3.83. The van der Waals surface area contributed by atoms with Crippen molar-refractivity contribution >= 4 is 11.8 Å². The average molecular weight is 404 g/mol. The summed E-state index contributed by atoms with van der Waals surface area (Å²) in [5.74, 6) is 1.37. The molecule has 1 aromatic heterocycles. The monoisotopic (exact) mass is 404 g/mol. The van der Waals surface area contributed by atoms with Crippen LogP contribution in [0.3, 0.4) is 0 Å². The van der Waals surface area contributed by atoms with E-state index in [1.54, 1.807) is 0 Å². The van der Waals surface area contributed by atoms with Crippen LogP contribution in [0, 0.1) is 35.4 Å². The predicted molar refractivity (Wildman–Crippen MR) is 105 cm³/mol. The maximum Gasteiger partial charge on any atom is 0.284 e. The Hall–Kier alpha value is -3.75. The van der Waals surface area contributed by atoms with Crippen molar-refractivity contribution < 1.29 is 18.7 Å². The highest BCUT2D eigenvalue weighted by atomic mass is 19.1. The zero-order chi connectivity index (χ0) is 21.3. The molecule has 8 heteroatoms. The number of hydrogen-bond acceptors (Lipinski definition) is 7. The quantitative estimate of drug-likeness (QED) is 0.614. The largest absolute Gasteiger partial charge is 0.459 e. The van der Waals surface area contributed by atoms with Crippen LogP contribution in [0.5, 0.6) is 0 Å². The van der Waals surface area contributed by atoms with E-state index >= 15 is 0 Å². The Morgan fingerprint density at radius 2 is 2.20 bits per heavy atom. The molecule has 0 bridgehead atoms. The first-order valence-corrected chi connectivity index (χ1v) is 9.22. The number of fused-ring (bicyclic) bond motifs is 1. The Bertz CT molecular complexity index is 1120. The molecule has 1 aromatic carbocycles. The number of ether oxygens (including phenoxy) is 2. The topological polar surface area (TPSA) is 111 Å². The minimum atomic E-state index is -1.39. The number of hydrogen-bond donors (Lipinski definition) is 1. The van der Waals surface area contributed by atoms with E-state index in [2.05, 4.69) is 15.9 Å². The van der Waals surface area contributed by atoms with Crippen molar-refractivity contribution in [3.63, 3.8) is 0 Å². The molecule has 2 aliphatic heterocycles. The highest BCUT2D eigenvalue weighted by molar-refractivity contribution is 5.95. The number of carbonyl (C=O) groups is 1. The molecule has 30 heavy (non-hydrogen) atoms. The fraction of sp³-hybridized carbons (Fsp3) is 0.273. The van der Waals surface area contributed by atoms with Gasteiger partial charge in [0.15, 0.2) is 11.3 Å². The maximum atomic E-state index is 14.9. The van der Waals surface area contributed by atoms with Gasteiger partial charge in [0.25, 0.3) is 6.02 Å². The van der Waals surface area contributed by atoms with Gasteiger partial charge in [-0.3, -0.25) is 9.78 Å². The van der Waals surface area contributed by atoms with Gasteiger partial charge in [0.2, 0.25) is 0 Å². The summed E-state index contributed by atoms with van der Waals surface area (Å²) in [6.07, 6.45) is 6.72. The molecule has 0 radical (unpaired) electrons. The van der Waals surface area contributed by atoms with Crippen molar-refractivity contribution in [1.82, 2.24) is 4.98 Å². The van der Waals surface area contributed by atoms with E-state index in [4.69, 9.17) is 26.9 Å². The molecule has 2 N–H and O–H groups in total. The van der Waals surface area contributed by atoms with Gasteiger partial charge in [0.1, 0.15) is 23.7 Å². The van der Waals surface area contributed by atoms with Crippen LogP contribution in [-0.2, 0) is 21.4 Å². The van der Waals surface area contributed by atoms with E-state index in [1.165, 1.54) is 36.5 Å². The van der Waals surface area contributed by atoms with E-state index < -0.39 is 23.4 Å². The van der Waals surface area contributed by atoms with Gasteiger partial charge in [0.05, 0.1) is 24.7 Å². The first-order chi connectivity index (χ1) is 14.5. The third kappa shape index (κ3) is 3.28. The molecule has 0 aliphatic carbocycles. The van der Waals surface area contributed by atoms with Crippen LogP contribution in [-0.4, -0.2) is 36.1 Å². The van der Waals surface area contributed by atoms with Gasteiger partial charge in [-0.25, -0.2) is 9.38 Å². The van der Waals surface area contributed by atoms with Crippen LogP contribution in [0.15, 0.2) is 41.5 Å². The highest BCUT2D eigenvalue weighted by Crippen LogP contribution is 2.43. The summed E-state index contributed by atoms with van der Waals surface area (Å²) in [6, 6.07) is 9.14. The summed E-state index contributed by atoms with van der Waals surface area (Å²) in [5, 5.41) is 8.85. The molecular formula is C22H17FN4O3. The van der Waals surface area contributed by atoms with E-state index in [-0.39, 0.29) is 42.7 Å². The fourth-order valence-electron chi connectivity index (χ4n) is 3.83. The number of nitrogens with two attached hydrogens (primary N) is 1. The van der Waals surface area contributed by atoms with E-state index in [0.717, 1.165) is 0 Å². The molecule has 2 aromatic rings. The lowest BCUT2D eigenvalue weighted by molar-refractivity contribution is 0.0939. The number of rotatable bonds is 4. The molecule has 150 valence electrons. The zero-order valence-electron chi connectivity index (χ0n) is 15.8. The number of amidine groups is 1. The zero-order valence-corrected chi connectivity index (χ0v) is 15.8. The summed E-state index contributed by atoms with van der Waals surface area (Å²) in [7, 11) is 0. The average Bonchev–Trinajstić information content (AvgIpc) is 3.23. The number of nitrogens with zero attached hydrogens (tertiary/aromatic N) is 3. The molecule has 3 atom stereocenters. The molecule has 2 aliphatic rings. The standard InChI is InChI=1S/C22H17FN4O3/c1-2-22(16-11-29-12-20(16)30-21(25)27-22)15-7-13(3-5-17(15)23)8-19(28)18-6-4-14(9-24)10-26-18/h1,3-7,10,16,20H,8,11-12H2,(H2,25,27)/t16-,20+,22+/m1/s1. The molecule has 1 saturated heterocycles. The number of pyridine rings is 1. The Labute approximate surface area is 172 Å². The molecule has 0 saturated carbocycles. The van der Waals surface area contributed by atoms with Gasteiger partial charge in [-0.15, -0.1) is 6.42 Å². The first-order valence-electron chi connectivity index (χ1n) is 9.22. The van der Waals surface area contributed by atoms with Gasteiger partial charge in [-0.1, -0.05) is 12.0 Å². The molecule has 0 spiro atoms. The number of aromatic nitrogens is 1. The van der Waals surface area contributed by atoms with Crippen molar-refractivity contribution in [3.8, 4) is 18.4 Å². The minimum Gasteiger partial charge on any atom is -0.459 e. The number of terminal acetylenes is 1. The van der Waals surface area contributed by atoms with E-state index in [9.17, 15) is 9.18 Å². The third-order valence-electron chi connectivity index (χ3n) is 5.33. The second-order valence-electron chi connectivity index (χ2n) is 7.12. The van der Waals surface area contributed by atoms with Crippen LogP contribution in [0.1, 0.15) is 27.2 Å². The second-order valence-corrected chi connectivity index (χ2v) is 7.12. The number of halogens is 1. The Morgan fingerprint density at radius 3 is 2.90 bits per heavy atom. The van der Waals surface area contributed by atoms with Gasteiger partial charge in [-0.05, 0) is 29.8 Å². The first kappa shape index (κ1) is 19.6. The molecule has 1 fully saturated rings. The lowest BCUT2D eigenvalue weighted by atomic mass is 9.76. The SMILES string of the molecule is C#C[C@@]1(c2cc(CC(=O)c3ccc(C#N)cn3)ccc2F)N=C(N)O[C@H]2COC[C@H]21. The van der Waals surface area contributed by atoms with Crippen molar-refractivity contribution in [3.05, 3.63) is 64.7 Å². The van der Waals surface area contributed by atoms with Crippen molar-refractivity contribution in [1.29, 1.82) is 5.26 Å². The van der Waals surface area contributed by atoms with Gasteiger partial charge in [0, 0.05) is 18.2 Å². The molecular weight excluding hydrogens is 387 g/mol. The lowest BCUT2D eigenvalue weighted by Crippen LogP contribution is -2.48. The highest BCUT2D eigenvalue weighted by Gasteiger charge is 2.52. The maximum absolute atomic E-state index is 14.9. The van der Waals surface area contributed by atoms with Crippen LogP contribution < -0.4 is 5.73 Å². The number of aliphatic imine (C=N–C) groups is 1. The van der Waals surface area contributed by atoms with E-state index in [0.29, 0.717) is 11.1 Å². The lowest BCUT2D eigenvalue weighted by Gasteiger charge is -2.37. The van der Waals surface area contributed by atoms with Crippen LogP contribution in [0.4, 0.5) is 4.39 Å². The smallest absolute Gasteiger partial charge is 0.284 e. The molecule has 0 amide bonds. The molecule has 3 heterocycles. The van der Waals surface area contributed by atoms with Gasteiger partial charge in [-0.2, -0.15) is 5.26 Å². The number of Topliss-reactive ketones (excluding diaryl/α,β-unsaturated/α-hetero) is 1. The van der Waals surface area contributed by atoms with Crippen molar-refractivity contribution in [2.75, 3.05) is 13.2 Å². The number of carbonyl (C=O) groups excluding carboxylic acids is 1. The molecule has 4 rings (SSSR count). The summed E-state index contributed by atoms with van der Waals surface area (Å²) >= 11 is 0. The van der Waals surface area contributed by atoms with Crippen LogP contribution >= 0.6 is 0 Å². The second kappa shape index (κ2) is 7.58. The minimum absolute atomic E-state index is 0.0207. The number of nitriles is 1. The summed E-state index contributed by atoms with van der Waals surface area (Å²) in [5.41, 5.74) is 5.69. The Kier molecular flexibility index (Phi) is 4.94. The van der Waals surface area contributed by atoms with Crippen LogP contribution in [0.25, 0.3) is 0 Å².